The topological polar surface area (TPSA) is 92.6 Å². The first-order valence-corrected chi connectivity index (χ1v) is 8.57. The number of likely N-dealkylation sites (N-methyl/N-ethyl adjacent to an activating group) is 1. The number of thioether (sulfide) groups is 1. The van der Waals surface area contributed by atoms with Crippen molar-refractivity contribution < 1.29 is 14.5 Å². The first-order valence-electron chi connectivity index (χ1n) is 7.35. The lowest BCUT2D eigenvalue weighted by Gasteiger charge is -2.17. The quantitative estimate of drug-likeness (QED) is 0.486. The van der Waals surface area contributed by atoms with E-state index in [4.69, 9.17) is 0 Å². The van der Waals surface area contributed by atoms with Crippen LogP contribution in [0.3, 0.4) is 0 Å². The minimum Gasteiger partial charge on any atom is -0.332 e. The van der Waals surface area contributed by atoms with Gasteiger partial charge in [-0.3, -0.25) is 19.7 Å². The van der Waals surface area contributed by atoms with Crippen molar-refractivity contribution >= 4 is 35.0 Å². The van der Waals surface area contributed by atoms with Crippen LogP contribution >= 0.6 is 11.8 Å². The van der Waals surface area contributed by atoms with Gasteiger partial charge < -0.3 is 10.2 Å². The number of anilines is 1. The van der Waals surface area contributed by atoms with E-state index in [1.807, 2.05) is 24.5 Å². The van der Waals surface area contributed by atoms with Crippen LogP contribution < -0.4 is 5.32 Å². The van der Waals surface area contributed by atoms with E-state index >= 15 is 0 Å². The molecule has 2 rings (SSSR count). The number of nitrogens with one attached hydrogen (secondary N) is 1. The third-order valence-corrected chi connectivity index (χ3v) is 4.23. The maximum Gasteiger partial charge on any atom is 0.269 e. The van der Waals surface area contributed by atoms with E-state index in [0.717, 1.165) is 4.90 Å². The van der Waals surface area contributed by atoms with Crippen LogP contribution in [0.2, 0.25) is 0 Å². The molecule has 7 nitrogen and oxygen atoms in total. The normalized spacial score (nSPS) is 10.2. The highest BCUT2D eigenvalue weighted by Crippen LogP contribution is 2.24. The van der Waals surface area contributed by atoms with Crippen molar-refractivity contribution in [3.05, 3.63) is 64.2 Å². The van der Waals surface area contributed by atoms with Crippen LogP contribution in [0.25, 0.3) is 0 Å². The van der Waals surface area contributed by atoms with Crippen molar-refractivity contribution in [2.75, 3.05) is 25.2 Å². The Kier molecular flexibility index (Phi) is 6.13. The van der Waals surface area contributed by atoms with E-state index in [0.29, 0.717) is 5.69 Å². The fourth-order valence-electron chi connectivity index (χ4n) is 2.17. The van der Waals surface area contributed by atoms with Gasteiger partial charge in [0.1, 0.15) is 0 Å². The summed E-state index contributed by atoms with van der Waals surface area (Å²) < 4.78 is 0. The first kappa shape index (κ1) is 18.5. The number of benzene rings is 2. The van der Waals surface area contributed by atoms with E-state index in [1.54, 1.807) is 6.07 Å². The van der Waals surface area contributed by atoms with E-state index in [2.05, 4.69) is 5.32 Å². The molecule has 0 unspecified atom stereocenters. The largest absolute Gasteiger partial charge is 0.332 e. The van der Waals surface area contributed by atoms with Crippen molar-refractivity contribution in [2.45, 2.75) is 4.90 Å². The molecule has 0 fully saturated rings. The van der Waals surface area contributed by atoms with Crippen LogP contribution in [-0.4, -0.2) is 41.5 Å². The molecule has 2 amide bonds. The lowest BCUT2D eigenvalue weighted by molar-refractivity contribution is -0.384. The predicted molar refractivity (Wildman–Crippen MR) is 96.9 cm³/mol. The van der Waals surface area contributed by atoms with Gasteiger partial charge in [0.05, 0.1) is 17.2 Å². The molecule has 0 radical (unpaired) electrons. The zero-order valence-corrected chi connectivity index (χ0v) is 14.6. The zero-order valence-electron chi connectivity index (χ0n) is 13.8. The molecule has 0 saturated heterocycles. The van der Waals surface area contributed by atoms with Gasteiger partial charge in [0.15, 0.2) is 0 Å². The van der Waals surface area contributed by atoms with Crippen molar-refractivity contribution in [3.63, 3.8) is 0 Å². The Morgan fingerprint density at radius 3 is 2.40 bits per heavy atom. The number of amides is 2. The molecule has 0 aromatic heterocycles. The van der Waals surface area contributed by atoms with E-state index in [9.17, 15) is 19.7 Å². The Hall–Kier alpha value is -2.87. The molecule has 0 aliphatic heterocycles. The first-order chi connectivity index (χ1) is 11.9. The molecule has 8 heteroatoms. The number of rotatable bonds is 6. The number of non-ortho nitro benzene ring substituents is 1. The van der Waals surface area contributed by atoms with Gasteiger partial charge >= 0.3 is 0 Å². The summed E-state index contributed by atoms with van der Waals surface area (Å²) in [4.78, 5) is 36.8. The molecule has 2 aromatic rings. The summed E-state index contributed by atoms with van der Waals surface area (Å²) in [6, 6.07) is 12.7. The highest BCUT2D eigenvalue weighted by Gasteiger charge is 2.16. The second kappa shape index (κ2) is 8.29. The van der Waals surface area contributed by atoms with Crippen molar-refractivity contribution in [3.8, 4) is 0 Å². The van der Waals surface area contributed by atoms with Gasteiger partial charge in [0.25, 0.3) is 11.6 Å². The van der Waals surface area contributed by atoms with Crippen LogP contribution in [0.5, 0.6) is 0 Å². The number of nitro groups is 1. The maximum absolute atomic E-state index is 12.3. The summed E-state index contributed by atoms with van der Waals surface area (Å²) >= 11 is 1.51. The van der Waals surface area contributed by atoms with Gasteiger partial charge in [-0.2, -0.15) is 0 Å². The smallest absolute Gasteiger partial charge is 0.269 e. The third kappa shape index (κ3) is 4.80. The fraction of sp³-hybridized carbons (Fsp3) is 0.176. The van der Waals surface area contributed by atoms with Gasteiger partial charge in [-0.15, -0.1) is 11.8 Å². The molecule has 0 spiro atoms. The molecular weight excluding hydrogens is 342 g/mol. The summed E-state index contributed by atoms with van der Waals surface area (Å²) in [5, 5.41) is 13.4. The lowest BCUT2D eigenvalue weighted by atomic mass is 10.2. The molecule has 130 valence electrons. The van der Waals surface area contributed by atoms with Gasteiger partial charge in [-0.25, -0.2) is 0 Å². The number of nitrogens with zero attached hydrogens (tertiary/aromatic N) is 2. The zero-order chi connectivity index (χ0) is 18.4. The number of nitro benzene ring substituents is 1. The summed E-state index contributed by atoms with van der Waals surface area (Å²) in [6.45, 7) is -0.126. The summed E-state index contributed by atoms with van der Waals surface area (Å²) in [6.07, 6.45) is 1.91. The van der Waals surface area contributed by atoms with Crippen molar-refractivity contribution in [2.24, 2.45) is 0 Å². The Morgan fingerprint density at radius 1 is 1.16 bits per heavy atom. The minimum atomic E-state index is -0.533. The SMILES string of the molecule is CSc1ccccc1NC(=O)CN(C)C(=O)c1ccc([N+](=O)[O-])cc1. The van der Waals surface area contributed by atoms with Gasteiger partial charge in [-0.05, 0) is 30.5 Å². The van der Waals surface area contributed by atoms with Crippen molar-refractivity contribution in [1.29, 1.82) is 0 Å². The van der Waals surface area contributed by atoms with Gasteiger partial charge in [0.2, 0.25) is 5.91 Å². The summed E-state index contributed by atoms with van der Waals surface area (Å²) in [5.74, 6) is -0.706. The van der Waals surface area contributed by atoms with Crippen LogP contribution in [0, 0.1) is 10.1 Å². The molecule has 0 aliphatic carbocycles. The van der Waals surface area contributed by atoms with E-state index in [1.165, 1.54) is 48.0 Å². The van der Waals surface area contributed by atoms with Crippen molar-refractivity contribution in [1.82, 2.24) is 4.90 Å². The predicted octanol–water partition coefficient (Wildman–Crippen LogP) is 3.03. The summed E-state index contributed by atoms with van der Waals surface area (Å²) in [7, 11) is 1.50. The average Bonchev–Trinajstić information content (AvgIpc) is 2.61. The lowest BCUT2D eigenvalue weighted by Crippen LogP contribution is -2.35. The second-order valence-electron chi connectivity index (χ2n) is 5.21. The van der Waals surface area contributed by atoms with Gasteiger partial charge in [0, 0.05) is 29.6 Å². The third-order valence-electron chi connectivity index (χ3n) is 3.43. The highest BCUT2D eigenvalue weighted by atomic mass is 32.2. The highest BCUT2D eigenvalue weighted by molar-refractivity contribution is 7.98. The molecule has 1 N–H and O–H groups in total. The molecule has 2 aromatic carbocycles. The maximum atomic E-state index is 12.3. The fourth-order valence-corrected chi connectivity index (χ4v) is 2.72. The number of carbonyl (C=O) groups excluding carboxylic acids is 2. The molecule has 0 saturated carbocycles. The summed E-state index contributed by atoms with van der Waals surface area (Å²) in [5.41, 5.74) is 0.882. The Labute approximate surface area is 149 Å². The minimum absolute atomic E-state index is 0.0920. The average molecular weight is 359 g/mol. The van der Waals surface area contributed by atoms with E-state index in [-0.39, 0.29) is 29.6 Å². The number of hydrogen-bond acceptors (Lipinski definition) is 5. The number of carbonyl (C=O) groups is 2. The Morgan fingerprint density at radius 2 is 1.80 bits per heavy atom. The molecule has 25 heavy (non-hydrogen) atoms. The molecular formula is C17H17N3O4S. The monoisotopic (exact) mass is 359 g/mol. The Balaban J connectivity index is 2.00. The van der Waals surface area contributed by atoms with E-state index < -0.39 is 4.92 Å². The standard InChI is InChI=1S/C17H17N3O4S/c1-19(17(22)12-7-9-13(10-8-12)20(23)24)11-16(21)18-14-5-3-4-6-15(14)25-2/h3-10H,11H2,1-2H3,(H,18,21). The number of para-hydroxylation sites is 1. The second-order valence-corrected chi connectivity index (χ2v) is 6.06. The Bertz CT molecular complexity index is 793. The van der Waals surface area contributed by atoms with Crippen LogP contribution in [0.4, 0.5) is 11.4 Å². The van der Waals surface area contributed by atoms with Crippen LogP contribution in [0.1, 0.15) is 10.4 Å². The van der Waals surface area contributed by atoms with Gasteiger partial charge in [-0.1, -0.05) is 12.1 Å². The molecule has 0 heterocycles. The van der Waals surface area contributed by atoms with Crippen LogP contribution in [0.15, 0.2) is 53.4 Å². The molecule has 0 atom stereocenters. The van der Waals surface area contributed by atoms with Crippen LogP contribution in [-0.2, 0) is 4.79 Å². The molecule has 0 bridgehead atoms. The number of hydrogen-bond donors (Lipinski definition) is 1. The molecule has 0 aliphatic rings.